The summed E-state index contributed by atoms with van der Waals surface area (Å²) >= 11 is 0. The van der Waals surface area contributed by atoms with Crippen molar-refractivity contribution in [2.45, 2.75) is 26.4 Å². The lowest BCUT2D eigenvalue weighted by Gasteiger charge is -2.25. The molecule has 1 heterocycles. The van der Waals surface area contributed by atoms with Crippen LogP contribution in [-0.4, -0.2) is 23.8 Å². The molecule has 0 radical (unpaired) electrons. The lowest BCUT2D eigenvalue weighted by molar-refractivity contribution is 0.0326. The summed E-state index contributed by atoms with van der Waals surface area (Å²) < 4.78 is 16.5. The maximum absolute atomic E-state index is 12.9. The van der Waals surface area contributed by atoms with Gasteiger partial charge in [0.05, 0.1) is 12.2 Å². The van der Waals surface area contributed by atoms with E-state index in [0.29, 0.717) is 34.7 Å². The van der Waals surface area contributed by atoms with E-state index in [-0.39, 0.29) is 23.8 Å². The number of anilines is 1. The minimum atomic E-state index is -1.39. The van der Waals surface area contributed by atoms with Crippen LogP contribution in [-0.2, 0) is 4.74 Å². The average Bonchev–Trinajstić information content (AvgIpc) is 2.94. The van der Waals surface area contributed by atoms with Crippen LogP contribution >= 0.6 is 0 Å². The van der Waals surface area contributed by atoms with Gasteiger partial charge in [-0.05, 0) is 78.6 Å². The Labute approximate surface area is 231 Å². The summed E-state index contributed by atoms with van der Waals surface area (Å²) in [4.78, 5) is 24.0. The molecule has 1 unspecified atom stereocenters. The zero-order valence-corrected chi connectivity index (χ0v) is 21.9. The molecule has 8 nitrogen and oxygen atoms in total. The number of aryl methyl sites for hydroxylation is 2. The molecule has 1 atom stereocenters. The molecule has 2 N–H and O–H groups in total. The molecule has 1 aliphatic heterocycles. The van der Waals surface area contributed by atoms with Crippen LogP contribution in [0.2, 0.25) is 0 Å². The van der Waals surface area contributed by atoms with Crippen molar-refractivity contribution in [3.05, 3.63) is 107 Å². The van der Waals surface area contributed by atoms with Gasteiger partial charge in [-0.15, -0.1) is 0 Å². The predicted molar refractivity (Wildman–Crippen MR) is 149 cm³/mol. The number of carbonyl (C=O) groups excluding carboxylic acids is 1. The molecule has 0 saturated carbocycles. The van der Waals surface area contributed by atoms with Crippen LogP contribution in [0.25, 0.3) is 11.1 Å². The number of nitriles is 1. The Bertz CT molecular complexity index is 1640. The van der Waals surface area contributed by atoms with Crippen molar-refractivity contribution in [3.8, 4) is 34.4 Å². The van der Waals surface area contributed by atoms with Crippen LogP contribution < -0.4 is 14.8 Å². The molecule has 4 aromatic rings. The molecule has 0 fully saturated rings. The second kappa shape index (κ2) is 11.2. The summed E-state index contributed by atoms with van der Waals surface area (Å²) in [6.45, 7) is 4.42. The average molecular weight is 535 g/mol. The SMILES string of the molecule is Cc1ccc(-c2cccc(NC(=O)c3ccc(Oc4cc5c(cc4C#N)C(OC(=O)O)CCO5)cc3)c2)cc1C. The standard InChI is InChI=1S/C32H26N2O6/c1-19-6-7-23(14-20(19)2)22-4-3-5-25(15-22)34-31(35)21-8-10-26(11-9-21)39-29-17-30-27(16-24(29)18-33)28(12-13-38-30)40-32(36)37/h3-11,14-17,28H,12-13H2,1-2H3,(H,34,35)(H,36,37). The Kier molecular flexibility index (Phi) is 7.38. The monoisotopic (exact) mass is 534 g/mol. The van der Waals surface area contributed by atoms with E-state index in [1.165, 1.54) is 17.2 Å². The molecule has 0 aliphatic carbocycles. The quantitative estimate of drug-likeness (QED) is 0.247. The minimum Gasteiger partial charge on any atom is -0.493 e. The molecular weight excluding hydrogens is 508 g/mol. The molecule has 200 valence electrons. The molecule has 8 heteroatoms. The van der Waals surface area contributed by atoms with E-state index < -0.39 is 12.3 Å². The number of carboxylic acid groups (broad SMARTS) is 1. The molecule has 0 aromatic heterocycles. The number of fused-ring (bicyclic) bond motifs is 1. The van der Waals surface area contributed by atoms with Gasteiger partial charge in [0.1, 0.15) is 29.4 Å². The molecule has 0 saturated heterocycles. The first kappa shape index (κ1) is 26.3. The zero-order chi connectivity index (χ0) is 28.2. The first-order valence-electron chi connectivity index (χ1n) is 12.7. The van der Waals surface area contributed by atoms with Gasteiger partial charge in [0.25, 0.3) is 5.91 Å². The topological polar surface area (TPSA) is 118 Å². The molecule has 1 aliphatic rings. The number of rotatable bonds is 6. The lowest BCUT2D eigenvalue weighted by Crippen LogP contribution is -2.19. The van der Waals surface area contributed by atoms with E-state index >= 15 is 0 Å². The third kappa shape index (κ3) is 5.74. The molecule has 40 heavy (non-hydrogen) atoms. The number of amides is 1. The Morgan fingerprint density at radius 2 is 1.75 bits per heavy atom. The number of hydrogen-bond acceptors (Lipinski definition) is 6. The number of ether oxygens (including phenoxy) is 3. The van der Waals surface area contributed by atoms with Crippen LogP contribution in [0, 0.1) is 25.2 Å². The second-order valence-corrected chi connectivity index (χ2v) is 9.47. The summed E-state index contributed by atoms with van der Waals surface area (Å²) in [6, 6.07) is 25.7. The first-order chi connectivity index (χ1) is 19.3. The van der Waals surface area contributed by atoms with Gasteiger partial charge in [-0.1, -0.05) is 30.3 Å². The van der Waals surface area contributed by atoms with Gasteiger partial charge in [-0.2, -0.15) is 5.26 Å². The molecule has 0 bridgehead atoms. The summed E-state index contributed by atoms with van der Waals surface area (Å²) in [5.74, 6) is 0.787. The van der Waals surface area contributed by atoms with Gasteiger partial charge >= 0.3 is 6.16 Å². The highest BCUT2D eigenvalue weighted by molar-refractivity contribution is 6.04. The number of nitrogens with one attached hydrogen (secondary N) is 1. The molecule has 0 spiro atoms. The van der Waals surface area contributed by atoms with Gasteiger partial charge in [-0.3, -0.25) is 4.79 Å². The molecule has 5 rings (SSSR count). The van der Waals surface area contributed by atoms with Gasteiger partial charge in [-0.25, -0.2) is 4.79 Å². The Morgan fingerprint density at radius 3 is 2.48 bits per heavy atom. The van der Waals surface area contributed by atoms with Crippen LogP contribution in [0.3, 0.4) is 0 Å². The van der Waals surface area contributed by atoms with Gasteiger partial charge in [0.15, 0.2) is 0 Å². The summed E-state index contributed by atoms with van der Waals surface area (Å²) in [7, 11) is 0. The van der Waals surface area contributed by atoms with Gasteiger partial charge < -0.3 is 24.6 Å². The zero-order valence-electron chi connectivity index (χ0n) is 21.9. The Morgan fingerprint density at radius 1 is 0.975 bits per heavy atom. The number of carbonyl (C=O) groups is 2. The third-order valence-corrected chi connectivity index (χ3v) is 6.77. The summed E-state index contributed by atoms with van der Waals surface area (Å²) in [6.07, 6.45) is -1.76. The van der Waals surface area contributed by atoms with Crippen molar-refractivity contribution in [1.82, 2.24) is 0 Å². The fourth-order valence-corrected chi connectivity index (χ4v) is 4.50. The normalized spacial score (nSPS) is 13.8. The van der Waals surface area contributed by atoms with Crippen molar-refractivity contribution < 1.29 is 28.9 Å². The first-order valence-corrected chi connectivity index (χ1v) is 12.7. The molecule has 4 aromatic carbocycles. The van der Waals surface area contributed by atoms with Crippen molar-refractivity contribution in [2.24, 2.45) is 0 Å². The van der Waals surface area contributed by atoms with E-state index in [0.717, 1.165) is 11.1 Å². The van der Waals surface area contributed by atoms with E-state index in [1.807, 2.05) is 24.3 Å². The van der Waals surface area contributed by atoms with Crippen molar-refractivity contribution in [1.29, 1.82) is 5.26 Å². The largest absolute Gasteiger partial charge is 0.506 e. The van der Waals surface area contributed by atoms with E-state index in [2.05, 4.69) is 43.4 Å². The maximum Gasteiger partial charge on any atom is 0.506 e. The highest BCUT2D eigenvalue weighted by atomic mass is 16.7. The van der Waals surface area contributed by atoms with E-state index in [4.69, 9.17) is 19.3 Å². The van der Waals surface area contributed by atoms with Gasteiger partial charge in [0, 0.05) is 29.3 Å². The lowest BCUT2D eigenvalue weighted by atomic mass is 10.00. The highest BCUT2D eigenvalue weighted by Gasteiger charge is 2.27. The van der Waals surface area contributed by atoms with Crippen LogP contribution in [0.5, 0.6) is 17.2 Å². The van der Waals surface area contributed by atoms with Crippen LogP contribution in [0.15, 0.2) is 78.9 Å². The van der Waals surface area contributed by atoms with Crippen molar-refractivity contribution >= 4 is 17.7 Å². The number of benzene rings is 4. The smallest absolute Gasteiger partial charge is 0.493 e. The van der Waals surface area contributed by atoms with Crippen molar-refractivity contribution in [2.75, 3.05) is 11.9 Å². The van der Waals surface area contributed by atoms with E-state index in [1.54, 1.807) is 30.3 Å². The third-order valence-electron chi connectivity index (χ3n) is 6.77. The number of hydrogen-bond donors (Lipinski definition) is 2. The fraction of sp³-hybridized carbons (Fsp3) is 0.156. The van der Waals surface area contributed by atoms with E-state index in [9.17, 15) is 14.9 Å². The number of nitrogens with zero attached hydrogens (tertiary/aromatic N) is 1. The predicted octanol–water partition coefficient (Wildman–Crippen LogP) is 7.40. The molecular formula is C32H26N2O6. The highest BCUT2D eigenvalue weighted by Crippen LogP contribution is 2.40. The second-order valence-electron chi connectivity index (χ2n) is 9.47. The maximum atomic E-state index is 12.9. The summed E-state index contributed by atoms with van der Waals surface area (Å²) in [5, 5.41) is 21.6. The Balaban J connectivity index is 1.30. The van der Waals surface area contributed by atoms with Crippen LogP contribution in [0.4, 0.5) is 10.5 Å². The van der Waals surface area contributed by atoms with Crippen LogP contribution in [0.1, 0.15) is 45.1 Å². The van der Waals surface area contributed by atoms with Gasteiger partial charge in [0.2, 0.25) is 0 Å². The minimum absolute atomic E-state index is 0.203. The summed E-state index contributed by atoms with van der Waals surface area (Å²) in [5.41, 5.74) is 6.31. The Hall–Kier alpha value is -5.29. The fourth-order valence-electron chi connectivity index (χ4n) is 4.50. The van der Waals surface area contributed by atoms with Crippen molar-refractivity contribution in [3.63, 3.8) is 0 Å². The molecule has 1 amide bonds.